The molecule has 1 atom stereocenters. The number of carboxylic acid groups (broad SMARTS) is 1. The topological polar surface area (TPSA) is 79.5 Å². The normalized spacial score (nSPS) is 14.9. The van der Waals surface area contributed by atoms with Crippen molar-refractivity contribution in [1.82, 2.24) is 5.32 Å². The second-order valence-corrected chi connectivity index (χ2v) is 3.77. The summed E-state index contributed by atoms with van der Waals surface area (Å²) >= 11 is 0. The molecule has 1 aromatic rings. The first-order chi connectivity index (χ1) is 8.09. The van der Waals surface area contributed by atoms with Gasteiger partial charge in [-0.25, -0.2) is 4.79 Å². The average molecular weight is 265 g/mol. The van der Waals surface area contributed by atoms with Crippen LogP contribution in [0.1, 0.15) is 23.0 Å². The molecule has 1 amide bonds. The maximum absolute atomic E-state index is 12.6. The number of carboxylic acids is 1. The molecule has 0 fully saturated rings. The molecule has 0 bridgehead atoms. The summed E-state index contributed by atoms with van der Waals surface area (Å²) in [5, 5.41) is 10.1. The zero-order chi connectivity index (χ0) is 14.1. The molecule has 2 N–H and O–H groups in total. The number of rotatable bonds is 3. The van der Waals surface area contributed by atoms with Crippen LogP contribution in [-0.4, -0.2) is 28.7 Å². The lowest BCUT2D eigenvalue weighted by molar-refractivity contribution is -0.203. The minimum absolute atomic E-state index is 0.0995. The van der Waals surface area contributed by atoms with Crippen molar-refractivity contribution in [3.8, 4) is 0 Å². The van der Waals surface area contributed by atoms with E-state index in [0.29, 0.717) is 6.92 Å². The van der Waals surface area contributed by atoms with Crippen LogP contribution in [0, 0.1) is 6.92 Å². The van der Waals surface area contributed by atoms with Crippen molar-refractivity contribution in [1.29, 1.82) is 0 Å². The van der Waals surface area contributed by atoms with Gasteiger partial charge >= 0.3 is 12.1 Å². The Morgan fingerprint density at radius 3 is 2.28 bits per heavy atom. The van der Waals surface area contributed by atoms with Crippen LogP contribution in [0.15, 0.2) is 16.7 Å². The van der Waals surface area contributed by atoms with E-state index < -0.39 is 23.6 Å². The predicted octanol–water partition coefficient (Wildman–Crippen LogP) is 1.72. The summed E-state index contributed by atoms with van der Waals surface area (Å²) in [4.78, 5) is 22.3. The highest BCUT2D eigenvalue weighted by atomic mass is 19.4. The highest BCUT2D eigenvalue weighted by molar-refractivity contribution is 5.98. The van der Waals surface area contributed by atoms with E-state index in [1.54, 1.807) is 0 Å². The number of carbonyl (C=O) groups excluding carboxylic acids is 1. The molecule has 0 spiro atoms. The Morgan fingerprint density at radius 1 is 1.39 bits per heavy atom. The molecular weight excluding hydrogens is 255 g/mol. The number of alkyl halides is 3. The lowest BCUT2D eigenvalue weighted by Crippen LogP contribution is -2.61. The Balaban J connectivity index is 3.04. The molecule has 1 rings (SSSR count). The summed E-state index contributed by atoms with van der Waals surface area (Å²) in [6.07, 6.45) is -4.00. The Hall–Kier alpha value is -1.99. The van der Waals surface area contributed by atoms with E-state index in [-0.39, 0.29) is 11.3 Å². The van der Waals surface area contributed by atoms with E-state index in [1.807, 2.05) is 0 Å². The van der Waals surface area contributed by atoms with Gasteiger partial charge in [0.05, 0.1) is 11.8 Å². The van der Waals surface area contributed by atoms with Gasteiger partial charge in [0.1, 0.15) is 5.76 Å². The second-order valence-electron chi connectivity index (χ2n) is 3.77. The van der Waals surface area contributed by atoms with Crippen LogP contribution in [0.3, 0.4) is 0 Å². The van der Waals surface area contributed by atoms with Gasteiger partial charge in [0, 0.05) is 0 Å². The van der Waals surface area contributed by atoms with Gasteiger partial charge in [0.25, 0.3) is 5.91 Å². The molecule has 0 aliphatic rings. The number of nitrogens with one attached hydrogen (secondary N) is 1. The second kappa shape index (κ2) is 4.35. The monoisotopic (exact) mass is 265 g/mol. The zero-order valence-corrected chi connectivity index (χ0v) is 9.46. The van der Waals surface area contributed by atoms with Gasteiger partial charge in [0.2, 0.25) is 5.54 Å². The Kier molecular flexibility index (Phi) is 3.40. The van der Waals surface area contributed by atoms with Crippen LogP contribution in [0.5, 0.6) is 0 Å². The van der Waals surface area contributed by atoms with Gasteiger partial charge in [-0.05, 0) is 19.9 Å². The van der Waals surface area contributed by atoms with Crippen LogP contribution < -0.4 is 5.32 Å². The number of hydrogen-bond acceptors (Lipinski definition) is 3. The van der Waals surface area contributed by atoms with Crippen molar-refractivity contribution in [2.45, 2.75) is 25.6 Å². The maximum Gasteiger partial charge on any atom is 0.422 e. The molecule has 0 saturated heterocycles. The van der Waals surface area contributed by atoms with Crippen molar-refractivity contribution in [3.05, 3.63) is 23.7 Å². The van der Waals surface area contributed by atoms with Gasteiger partial charge in [-0.15, -0.1) is 0 Å². The first-order valence-electron chi connectivity index (χ1n) is 4.76. The summed E-state index contributed by atoms with van der Waals surface area (Å²) in [6.45, 7) is 1.75. The first kappa shape index (κ1) is 14.1. The lowest BCUT2D eigenvalue weighted by atomic mass is 10.0. The summed E-state index contributed by atoms with van der Waals surface area (Å²) in [7, 11) is 0. The van der Waals surface area contributed by atoms with E-state index in [1.165, 1.54) is 12.2 Å². The number of amides is 1. The van der Waals surface area contributed by atoms with Crippen molar-refractivity contribution in [2.24, 2.45) is 0 Å². The van der Waals surface area contributed by atoms with Gasteiger partial charge in [-0.2, -0.15) is 13.2 Å². The molecule has 5 nitrogen and oxygen atoms in total. The van der Waals surface area contributed by atoms with Crippen LogP contribution >= 0.6 is 0 Å². The number of furan rings is 1. The van der Waals surface area contributed by atoms with Crippen LogP contribution in [0.25, 0.3) is 0 Å². The maximum atomic E-state index is 12.6. The van der Waals surface area contributed by atoms with Crippen molar-refractivity contribution < 1.29 is 32.3 Å². The zero-order valence-electron chi connectivity index (χ0n) is 9.46. The molecule has 100 valence electrons. The highest BCUT2D eigenvalue weighted by Crippen LogP contribution is 2.30. The van der Waals surface area contributed by atoms with Crippen molar-refractivity contribution in [2.75, 3.05) is 0 Å². The fourth-order valence-corrected chi connectivity index (χ4v) is 1.16. The number of aliphatic carboxylic acids is 1. The molecule has 0 aromatic carbocycles. The third kappa shape index (κ3) is 2.31. The van der Waals surface area contributed by atoms with Crippen molar-refractivity contribution >= 4 is 11.9 Å². The molecule has 1 heterocycles. The number of aryl methyl sites for hydroxylation is 1. The standard InChI is InChI=1S/C10H10F3NO4/c1-5-6(3-4-18-5)7(15)14-9(2,8(16)17)10(11,12)13/h3-4H,1-2H3,(H,14,15)(H,16,17). The summed E-state index contributed by atoms with van der Waals surface area (Å²) < 4.78 is 42.7. The van der Waals surface area contributed by atoms with Crippen molar-refractivity contribution in [3.63, 3.8) is 0 Å². The highest BCUT2D eigenvalue weighted by Gasteiger charge is 2.58. The molecule has 1 aromatic heterocycles. The van der Waals surface area contributed by atoms with Crippen LogP contribution in [-0.2, 0) is 4.79 Å². The van der Waals surface area contributed by atoms with Gasteiger partial charge in [-0.3, -0.25) is 4.79 Å². The van der Waals surface area contributed by atoms with E-state index in [2.05, 4.69) is 0 Å². The fraction of sp³-hybridized carbons (Fsp3) is 0.400. The SMILES string of the molecule is Cc1occc1C(=O)NC(C)(C(=O)O)C(F)(F)F. The van der Waals surface area contributed by atoms with Gasteiger partial charge in [0.15, 0.2) is 0 Å². The lowest BCUT2D eigenvalue weighted by Gasteiger charge is -2.28. The molecule has 0 aliphatic carbocycles. The molecule has 1 unspecified atom stereocenters. The molecule has 0 saturated carbocycles. The molecule has 0 radical (unpaired) electrons. The fourth-order valence-electron chi connectivity index (χ4n) is 1.16. The number of halogens is 3. The Labute approximate surface area is 99.6 Å². The Morgan fingerprint density at radius 2 is 1.94 bits per heavy atom. The number of hydrogen-bond donors (Lipinski definition) is 2. The molecule has 18 heavy (non-hydrogen) atoms. The van der Waals surface area contributed by atoms with Gasteiger partial charge in [-0.1, -0.05) is 0 Å². The van der Waals surface area contributed by atoms with E-state index >= 15 is 0 Å². The minimum Gasteiger partial charge on any atom is -0.479 e. The summed E-state index contributed by atoms with van der Waals surface area (Å²) in [5.41, 5.74) is -3.50. The van der Waals surface area contributed by atoms with E-state index in [4.69, 9.17) is 9.52 Å². The van der Waals surface area contributed by atoms with Gasteiger partial charge < -0.3 is 14.8 Å². The van der Waals surface area contributed by atoms with Crippen LogP contribution in [0.4, 0.5) is 13.2 Å². The minimum atomic E-state index is -5.12. The quantitative estimate of drug-likeness (QED) is 0.872. The summed E-state index contributed by atoms with van der Waals surface area (Å²) in [6, 6.07) is 1.16. The average Bonchev–Trinajstić information content (AvgIpc) is 2.62. The molecular formula is C10H10F3NO4. The molecule has 0 aliphatic heterocycles. The number of carbonyl (C=O) groups is 2. The largest absolute Gasteiger partial charge is 0.479 e. The molecule has 8 heteroatoms. The third-order valence-electron chi connectivity index (χ3n) is 2.46. The smallest absolute Gasteiger partial charge is 0.422 e. The first-order valence-corrected chi connectivity index (χ1v) is 4.76. The summed E-state index contributed by atoms with van der Waals surface area (Å²) in [5.74, 6) is -3.25. The van der Waals surface area contributed by atoms with Crippen LogP contribution in [0.2, 0.25) is 0 Å². The predicted molar refractivity (Wildman–Crippen MR) is 53.0 cm³/mol. The van der Waals surface area contributed by atoms with E-state index in [9.17, 15) is 22.8 Å². The third-order valence-corrected chi connectivity index (χ3v) is 2.46. The van der Waals surface area contributed by atoms with E-state index in [0.717, 1.165) is 12.3 Å². The Bertz CT molecular complexity index is 480.